The second-order valence-electron chi connectivity index (χ2n) is 13.3. The predicted molar refractivity (Wildman–Crippen MR) is 218 cm³/mol. The molecule has 0 spiro atoms. The Labute approximate surface area is 353 Å². The molecule has 0 heterocycles. The molecule has 0 unspecified atom stereocenters. The third kappa shape index (κ3) is 16.6. The summed E-state index contributed by atoms with van der Waals surface area (Å²) in [4.78, 5) is 35.1. The van der Waals surface area contributed by atoms with Gasteiger partial charge in [-0.25, -0.2) is 14.4 Å². The Morgan fingerprint density at radius 3 is 1.24 bits per heavy atom. The van der Waals surface area contributed by atoms with Gasteiger partial charge in [-0.15, -0.1) is 13.2 Å². The maximum Gasteiger partial charge on any atom is 0.573 e. The lowest BCUT2D eigenvalue weighted by atomic mass is 9.96. The highest BCUT2D eigenvalue weighted by molar-refractivity contribution is 6.01. The van der Waals surface area contributed by atoms with E-state index in [9.17, 15) is 56.0 Å². The molecule has 1 aliphatic carbocycles. The van der Waals surface area contributed by atoms with E-state index >= 15 is 0 Å². The number of aromatic hydroxyl groups is 6. The average Bonchev–Trinajstić information content (AvgIpc) is 3.19. The van der Waals surface area contributed by atoms with Crippen molar-refractivity contribution in [2.75, 3.05) is 26.6 Å². The fourth-order valence-electron chi connectivity index (χ4n) is 5.52. The molecule has 22 heteroatoms. The molecule has 0 atom stereocenters. The summed E-state index contributed by atoms with van der Waals surface area (Å²) < 4.78 is 76.9. The van der Waals surface area contributed by atoms with E-state index in [0.29, 0.717) is 5.69 Å². The summed E-state index contributed by atoms with van der Waals surface area (Å²) >= 11 is 0. The molecule has 0 bridgehead atoms. The standard InChI is InChI=1S/C14H11F3N2O4.C14H11F3N2O3.C13H18N2O3/c15-14(16,17)23-10-4-1-8(2-5-10)18-13(22)19-11-6-3-9(20)7-12(11)21;15-14(16,17)8-1-3-9(4-2-8)18-13(22)19-11-6-5-10(20)7-12(11)21;16-10-6-7-11(12(17)8-10)15-13(18)14-9-4-2-1-3-5-9/h1-7,20-21H,(H2,18,19,22);1-7,20-21H,(H2,18,19,22);6-9,16-17H,1-5H2,(H2,14,15,18). The topological polar surface area (TPSA) is 254 Å². The molecular weight excluding hydrogens is 850 g/mol. The minimum Gasteiger partial charge on any atom is -0.508 e. The lowest BCUT2D eigenvalue weighted by Gasteiger charge is -2.22. The van der Waals surface area contributed by atoms with Crippen molar-refractivity contribution < 1.29 is 76.1 Å². The maximum absolute atomic E-state index is 12.4. The number of alkyl halides is 6. The molecule has 0 saturated heterocycles. The van der Waals surface area contributed by atoms with Crippen LogP contribution in [0.2, 0.25) is 0 Å². The summed E-state index contributed by atoms with van der Waals surface area (Å²) in [5.74, 6) is -1.63. The Hall–Kier alpha value is -7.91. The van der Waals surface area contributed by atoms with Gasteiger partial charge in [-0.3, -0.25) is 0 Å². The fourth-order valence-corrected chi connectivity index (χ4v) is 5.52. The van der Waals surface area contributed by atoms with Gasteiger partial charge in [0.15, 0.2) is 0 Å². The van der Waals surface area contributed by atoms with E-state index in [1.807, 2.05) is 0 Å². The second kappa shape index (κ2) is 21.6. The number of nitrogens with one attached hydrogen (secondary N) is 6. The Balaban J connectivity index is 0.000000209. The molecule has 63 heavy (non-hydrogen) atoms. The van der Waals surface area contributed by atoms with Gasteiger partial charge in [0.05, 0.1) is 22.6 Å². The first-order valence-electron chi connectivity index (χ1n) is 18.5. The van der Waals surface area contributed by atoms with Crippen molar-refractivity contribution in [3.63, 3.8) is 0 Å². The number of ether oxygens (including phenoxy) is 1. The lowest BCUT2D eigenvalue weighted by Crippen LogP contribution is -2.39. The van der Waals surface area contributed by atoms with Gasteiger partial charge in [0.25, 0.3) is 0 Å². The van der Waals surface area contributed by atoms with E-state index in [1.165, 1.54) is 61.0 Å². The van der Waals surface area contributed by atoms with Crippen molar-refractivity contribution in [3.8, 4) is 40.2 Å². The normalized spacial score (nSPS) is 12.5. The number of phenolic OH excluding ortho intramolecular Hbond substituents is 6. The molecule has 336 valence electrons. The van der Waals surface area contributed by atoms with Crippen LogP contribution in [0.4, 0.5) is 69.2 Å². The highest BCUT2D eigenvalue weighted by Crippen LogP contribution is 2.32. The first kappa shape index (κ1) is 47.8. The van der Waals surface area contributed by atoms with Gasteiger partial charge in [-0.1, -0.05) is 19.3 Å². The van der Waals surface area contributed by atoms with Gasteiger partial charge in [0.2, 0.25) is 0 Å². The smallest absolute Gasteiger partial charge is 0.508 e. The third-order valence-corrected chi connectivity index (χ3v) is 8.44. The molecule has 5 aromatic carbocycles. The molecule has 0 radical (unpaired) electrons. The van der Waals surface area contributed by atoms with Gasteiger partial charge >= 0.3 is 30.6 Å². The summed E-state index contributed by atoms with van der Waals surface area (Å²) in [6, 6.07) is 18.1. The lowest BCUT2D eigenvalue weighted by molar-refractivity contribution is -0.274. The van der Waals surface area contributed by atoms with E-state index in [0.717, 1.165) is 74.2 Å². The van der Waals surface area contributed by atoms with Gasteiger partial charge in [-0.05, 0) is 97.8 Å². The van der Waals surface area contributed by atoms with Crippen LogP contribution in [0.15, 0.2) is 103 Å². The molecule has 0 aliphatic heterocycles. The number of halogens is 6. The Bertz CT molecular complexity index is 2330. The summed E-state index contributed by atoms with van der Waals surface area (Å²) in [6.45, 7) is 0. The van der Waals surface area contributed by atoms with Gasteiger partial charge in [-0.2, -0.15) is 13.2 Å². The molecule has 0 aromatic heterocycles. The highest BCUT2D eigenvalue weighted by atomic mass is 19.4. The largest absolute Gasteiger partial charge is 0.573 e. The van der Waals surface area contributed by atoms with Crippen LogP contribution in [-0.4, -0.2) is 61.1 Å². The zero-order valence-corrected chi connectivity index (χ0v) is 32.5. The number of urea groups is 3. The minimum absolute atomic E-state index is 0.0364. The number of carbonyl (C=O) groups excluding carboxylic acids is 3. The van der Waals surface area contributed by atoms with Crippen LogP contribution >= 0.6 is 0 Å². The molecule has 1 fully saturated rings. The Kier molecular flexibility index (Phi) is 16.3. The first-order chi connectivity index (χ1) is 29.6. The van der Waals surface area contributed by atoms with Crippen LogP contribution < -0.4 is 36.6 Å². The van der Waals surface area contributed by atoms with Crippen molar-refractivity contribution in [2.45, 2.75) is 50.7 Å². The number of benzene rings is 5. The van der Waals surface area contributed by atoms with Crippen LogP contribution in [0.25, 0.3) is 0 Å². The SMILES string of the molecule is O=C(Nc1ccc(C(F)(F)F)cc1)Nc1ccc(O)cc1O.O=C(Nc1ccc(O)cc1O)NC1CCCCC1.O=C(Nc1ccc(OC(F)(F)F)cc1)Nc1ccc(O)cc1O. The average molecular weight is 891 g/mol. The van der Waals surface area contributed by atoms with E-state index in [2.05, 4.69) is 36.6 Å². The number of anilines is 5. The summed E-state index contributed by atoms with van der Waals surface area (Å²) in [6.07, 6.45) is -3.69. The maximum atomic E-state index is 12.4. The zero-order valence-electron chi connectivity index (χ0n) is 32.5. The van der Waals surface area contributed by atoms with Crippen molar-refractivity contribution >= 4 is 46.5 Å². The number of carbonyl (C=O) groups is 3. The predicted octanol–water partition coefficient (Wildman–Crippen LogP) is 9.95. The molecule has 1 aliphatic rings. The van der Waals surface area contributed by atoms with Crippen LogP contribution in [0.1, 0.15) is 37.7 Å². The number of hydrogen-bond donors (Lipinski definition) is 12. The van der Waals surface area contributed by atoms with Crippen molar-refractivity contribution in [1.29, 1.82) is 0 Å². The molecular formula is C41H40F6N6O10. The highest BCUT2D eigenvalue weighted by Gasteiger charge is 2.31. The minimum atomic E-state index is -4.79. The Morgan fingerprint density at radius 2 is 0.873 bits per heavy atom. The molecule has 6 amide bonds. The number of hydrogen-bond acceptors (Lipinski definition) is 10. The van der Waals surface area contributed by atoms with Crippen LogP contribution in [-0.2, 0) is 6.18 Å². The first-order valence-corrected chi connectivity index (χ1v) is 18.5. The van der Waals surface area contributed by atoms with Crippen molar-refractivity contribution in [2.24, 2.45) is 0 Å². The molecule has 16 nitrogen and oxygen atoms in total. The second-order valence-corrected chi connectivity index (χ2v) is 13.3. The number of amides is 6. The molecule has 1 saturated carbocycles. The molecule has 5 aromatic rings. The van der Waals surface area contributed by atoms with E-state index in [-0.39, 0.29) is 69.3 Å². The van der Waals surface area contributed by atoms with Crippen LogP contribution in [0.5, 0.6) is 40.2 Å². The van der Waals surface area contributed by atoms with E-state index in [1.54, 1.807) is 0 Å². The fraction of sp³-hybridized carbons (Fsp3) is 0.195. The van der Waals surface area contributed by atoms with Gasteiger partial charge in [0, 0.05) is 35.6 Å². The van der Waals surface area contributed by atoms with Gasteiger partial charge in [0.1, 0.15) is 40.2 Å². The molecule has 6 rings (SSSR count). The number of phenols is 6. The summed E-state index contributed by atoms with van der Waals surface area (Å²) in [7, 11) is 0. The Morgan fingerprint density at radius 1 is 0.492 bits per heavy atom. The van der Waals surface area contributed by atoms with Gasteiger partial charge < -0.3 is 67.3 Å². The molecule has 12 N–H and O–H groups in total. The monoisotopic (exact) mass is 890 g/mol. The van der Waals surface area contributed by atoms with Crippen molar-refractivity contribution in [3.05, 3.63) is 109 Å². The van der Waals surface area contributed by atoms with Crippen molar-refractivity contribution in [1.82, 2.24) is 5.32 Å². The summed E-state index contributed by atoms with van der Waals surface area (Å²) in [5.41, 5.74) is -0.0608. The number of rotatable bonds is 7. The zero-order chi connectivity index (χ0) is 46.3. The van der Waals surface area contributed by atoms with E-state index < -0.39 is 35.9 Å². The van der Waals surface area contributed by atoms with Crippen LogP contribution in [0.3, 0.4) is 0 Å². The van der Waals surface area contributed by atoms with E-state index in [4.69, 9.17) is 15.3 Å². The quantitative estimate of drug-likeness (QED) is 0.0418. The third-order valence-electron chi connectivity index (χ3n) is 8.44. The van der Waals surface area contributed by atoms with Crippen LogP contribution in [0, 0.1) is 0 Å². The summed E-state index contributed by atoms with van der Waals surface area (Å²) in [5, 5.41) is 70.7.